The largest absolute Gasteiger partial charge is 0.497 e. The highest BCUT2D eigenvalue weighted by Crippen LogP contribution is 2.19. The zero-order valence-electron chi connectivity index (χ0n) is 16.3. The number of aliphatic hydroxyl groups is 1. The van der Waals surface area contributed by atoms with Crippen LogP contribution >= 0.6 is 12.4 Å². The van der Waals surface area contributed by atoms with Gasteiger partial charge in [0.25, 0.3) is 5.69 Å². The van der Waals surface area contributed by atoms with E-state index in [1.807, 2.05) is 24.3 Å². The second kappa shape index (κ2) is 10.8. The van der Waals surface area contributed by atoms with Crippen LogP contribution in [0.15, 0.2) is 48.5 Å². The summed E-state index contributed by atoms with van der Waals surface area (Å²) in [4.78, 5) is 10.3. The lowest BCUT2D eigenvalue weighted by Gasteiger charge is -2.28. The normalized spacial score (nSPS) is 12.0. The van der Waals surface area contributed by atoms with Gasteiger partial charge < -0.3 is 19.9 Å². The number of β-amino-alcohol motifs (C(OH)–C–C–N with tert-alkyl or cyclic N) is 1. The third-order valence-electron chi connectivity index (χ3n) is 4.09. The number of halogens is 1. The van der Waals surface area contributed by atoms with Crippen LogP contribution in [-0.4, -0.2) is 41.9 Å². The molecule has 2 aromatic rings. The van der Waals surface area contributed by atoms with Gasteiger partial charge in [-0.05, 0) is 44.0 Å². The van der Waals surface area contributed by atoms with Gasteiger partial charge in [0.05, 0.1) is 18.1 Å². The molecule has 0 radical (unpaired) electrons. The van der Waals surface area contributed by atoms with Crippen LogP contribution in [0.2, 0.25) is 0 Å². The van der Waals surface area contributed by atoms with Crippen LogP contribution < -0.4 is 14.8 Å². The van der Waals surface area contributed by atoms with Crippen molar-refractivity contribution in [3.05, 3.63) is 64.2 Å². The number of nitrogens with one attached hydrogen (secondary N) is 1. The third kappa shape index (κ3) is 7.72. The first-order chi connectivity index (χ1) is 12.8. The van der Waals surface area contributed by atoms with E-state index in [9.17, 15) is 15.2 Å². The van der Waals surface area contributed by atoms with Gasteiger partial charge in [0.15, 0.2) is 0 Å². The summed E-state index contributed by atoms with van der Waals surface area (Å²) in [6, 6.07) is 13.8. The SMILES string of the molecule is COc1ccc(CC(C)(C)NCC(O)COc2cccc([N+](=O)[O-])c2)cc1.Cl. The molecule has 0 heterocycles. The molecule has 28 heavy (non-hydrogen) atoms. The molecule has 0 saturated carbocycles. The molecule has 0 bridgehead atoms. The standard InChI is InChI=1S/C20H26N2O5.ClH/c1-20(2,12-15-7-9-18(26-3)10-8-15)21-13-17(23)14-27-19-6-4-5-16(11-19)22(24)25;/h4-11,17,21,23H,12-14H2,1-3H3;1H. The Bertz CT molecular complexity index is 753. The molecule has 2 aromatic carbocycles. The number of ether oxygens (including phenoxy) is 2. The van der Waals surface area contributed by atoms with Crippen LogP contribution in [0.5, 0.6) is 11.5 Å². The molecule has 0 aliphatic carbocycles. The Morgan fingerprint density at radius 2 is 1.86 bits per heavy atom. The van der Waals surface area contributed by atoms with Gasteiger partial charge in [0.1, 0.15) is 24.2 Å². The van der Waals surface area contributed by atoms with Crippen molar-refractivity contribution in [1.82, 2.24) is 5.32 Å². The average Bonchev–Trinajstić information content (AvgIpc) is 2.65. The van der Waals surface area contributed by atoms with Gasteiger partial charge in [0.2, 0.25) is 0 Å². The summed E-state index contributed by atoms with van der Waals surface area (Å²) in [7, 11) is 1.64. The van der Waals surface area contributed by atoms with Crippen molar-refractivity contribution in [2.75, 3.05) is 20.3 Å². The minimum Gasteiger partial charge on any atom is -0.497 e. The van der Waals surface area contributed by atoms with Gasteiger partial charge >= 0.3 is 0 Å². The predicted molar refractivity (Wildman–Crippen MR) is 111 cm³/mol. The highest BCUT2D eigenvalue weighted by molar-refractivity contribution is 5.85. The lowest BCUT2D eigenvalue weighted by molar-refractivity contribution is -0.384. The van der Waals surface area contributed by atoms with Crippen LogP contribution in [0.1, 0.15) is 19.4 Å². The fourth-order valence-corrected chi connectivity index (χ4v) is 2.65. The molecule has 2 rings (SSSR count). The van der Waals surface area contributed by atoms with E-state index in [0.29, 0.717) is 12.3 Å². The van der Waals surface area contributed by atoms with Crippen molar-refractivity contribution in [1.29, 1.82) is 0 Å². The third-order valence-corrected chi connectivity index (χ3v) is 4.09. The Morgan fingerprint density at radius 1 is 1.18 bits per heavy atom. The van der Waals surface area contributed by atoms with E-state index < -0.39 is 11.0 Å². The molecule has 0 aliphatic rings. The smallest absolute Gasteiger partial charge is 0.273 e. The number of rotatable bonds is 10. The Kier molecular flexibility index (Phi) is 9.18. The summed E-state index contributed by atoms with van der Waals surface area (Å²) in [5.41, 5.74) is 0.901. The minimum atomic E-state index is -0.737. The highest BCUT2D eigenvalue weighted by atomic mass is 35.5. The molecule has 0 fully saturated rings. The molecular weight excluding hydrogens is 384 g/mol. The molecule has 2 N–H and O–H groups in total. The number of hydrogen-bond donors (Lipinski definition) is 2. The number of hydrogen-bond acceptors (Lipinski definition) is 6. The summed E-state index contributed by atoms with van der Waals surface area (Å²) < 4.78 is 10.6. The van der Waals surface area contributed by atoms with Gasteiger partial charge in [-0.3, -0.25) is 10.1 Å². The van der Waals surface area contributed by atoms with Gasteiger partial charge in [-0.1, -0.05) is 18.2 Å². The molecule has 154 valence electrons. The number of methoxy groups -OCH3 is 1. The quantitative estimate of drug-likeness (QED) is 0.460. The Morgan fingerprint density at radius 3 is 2.46 bits per heavy atom. The number of nitrogens with zero attached hydrogens (tertiary/aromatic N) is 1. The van der Waals surface area contributed by atoms with Gasteiger partial charge in [-0.2, -0.15) is 0 Å². The highest BCUT2D eigenvalue weighted by Gasteiger charge is 2.19. The van der Waals surface area contributed by atoms with Crippen molar-refractivity contribution in [2.45, 2.75) is 31.9 Å². The summed E-state index contributed by atoms with van der Waals surface area (Å²) in [6.07, 6.45) is 0.0505. The number of nitro groups is 1. The Hall–Kier alpha value is -2.35. The van der Waals surface area contributed by atoms with E-state index in [-0.39, 0.29) is 30.2 Å². The first kappa shape index (κ1) is 23.7. The van der Waals surface area contributed by atoms with Crippen molar-refractivity contribution < 1.29 is 19.5 Å². The van der Waals surface area contributed by atoms with Crippen molar-refractivity contribution in [2.24, 2.45) is 0 Å². The maximum Gasteiger partial charge on any atom is 0.273 e. The zero-order chi connectivity index (χ0) is 19.9. The number of non-ortho nitro benzene ring substituents is 1. The first-order valence-electron chi connectivity index (χ1n) is 8.72. The minimum absolute atomic E-state index is 0. The zero-order valence-corrected chi connectivity index (χ0v) is 17.1. The van der Waals surface area contributed by atoms with E-state index >= 15 is 0 Å². The maximum atomic E-state index is 10.8. The molecule has 0 aliphatic heterocycles. The molecule has 0 saturated heterocycles. The average molecular weight is 411 g/mol. The molecule has 0 amide bonds. The second-order valence-corrected chi connectivity index (χ2v) is 7.01. The topological polar surface area (TPSA) is 93.9 Å². The molecule has 1 atom stereocenters. The van der Waals surface area contributed by atoms with Crippen molar-refractivity contribution in [3.8, 4) is 11.5 Å². The van der Waals surface area contributed by atoms with E-state index in [1.165, 1.54) is 12.1 Å². The van der Waals surface area contributed by atoms with E-state index in [1.54, 1.807) is 19.2 Å². The number of aliphatic hydroxyl groups excluding tert-OH is 1. The van der Waals surface area contributed by atoms with E-state index in [0.717, 1.165) is 17.7 Å². The summed E-state index contributed by atoms with van der Waals surface area (Å²) >= 11 is 0. The van der Waals surface area contributed by atoms with E-state index in [2.05, 4.69) is 19.2 Å². The summed E-state index contributed by atoms with van der Waals surface area (Å²) in [5.74, 6) is 1.18. The van der Waals surface area contributed by atoms with Crippen molar-refractivity contribution in [3.63, 3.8) is 0 Å². The molecule has 7 nitrogen and oxygen atoms in total. The van der Waals surface area contributed by atoms with Crippen LogP contribution in [0.4, 0.5) is 5.69 Å². The second-order valence-electron chi connectivity index (χ2n) is 7.01. The van der Waals surface area contributed by atoms with Crippen molar-refractivity contribution >= 4 is 18.1 Å². The van der Waals surface area contributed by atoms with Crippen LogP contribution in [0.3, 0.4) is 0 Å². The first-order valence-corrected chi connectivity index (χ1v) is 8.72. The predicted octanol–water partition coefficient (Wildman–Crippen LogP) is 3.38. The fraction of sp³-hybridized carbons (Fsp3) is 0.400. The van der Waals surface area contributed by atoms with Gasteiger partial charge in [-0.25, -0.2) is 0 Å². The summed E-state index contributed by atoms with van der Waals surface area (Å²) in [5, 5.41) is 24.3. The Balaban J connectivity index is 0.00000392. The molecule has 8 heteroatoms. The monoisotopic (exact) mass is 410 g/mol. The van der Waals surface area contributed by atoms with Gasteiger partial charge in [-0.15, -0.1) is 12.4 Å². The molecule has 0 aromatic heterocycles. The maximum absolute atomic E-state index is 10.8. The lowest BCUT2D eigenvalue weighted by Crippen LogP contribution is -2.46. The fourth-order valence-electron chi connectivity index (χ4n) is 2.65. The van der Waals surface area contributed by atoms with E-state index in [4.69, 9.17) is 9.47 Å². The van der Waals surface area contributed by atoms with Gasteiger partial charge in [0, 0.05) is 18.2 Å². The molecule has 0 spiro atoms. The number of benzene rings is 2. The molecule has 1 unspecified atom stereocenters. The van der Waals surface area contributed by atoms with Crippen LogP contribution in [0.25, 0.3) is 0 Å². The van der Waals surface area contributed by atoms with Crippen LogP contribution in [0, 0.1) is 10.1 Å². The Labute approximate surface area is 171 Å². The molecular formula is C20H27ClN2O5. The van der Waals surface area contributed by atoms with Crippen LogP contribution in [-0.2, 0) is 6.42 Å². The lowest BCUT2D eigenvalue weighted by atomic mass is 9.94. The summed E-state index contributed by atoms with van der Waals surface area (Å²) in [6.45, 7) is 4.52. The number of nitro benzene ring substituents is 1.